The SMILES string of the molecule is CCCOCCC(=O)Nc1cnc(Cl)c(Br)c1. The molecule has 0 aliphatic heterocycles. The fraction of sp³-hybridized carbons (Fsp3) is 0.455. The van der Waals surface area contributed by atoms with Crippen molar-refractivity contribution in [2.75, 3.05) is 18.5 Å². The topological polar surface area (TPSA) is 51.2 Å². The van der Waals surface area contributed by atoms with Gasteiger partial charge in [0.25, 0.3) is 0 Å². The molecule has 0 saturated carbocycles. The van der Waals surface area contributed by atoms with Crippen LogP contribution in [0, 0.1) is 0 Å². The monoisotopic (exact) mass is 320 g/mol. The average Bonchev–Trinajstić information content (AvgIpc) is 2.30. The zero-order chi connectivity index (χ0) is 12.7. The summed E-state index contributed by atoms with van der Waals surface area (Å²) in [4.78, 5) is 15.4. The van der Waals surface area contributed by atoms with Crippen LogP contribution in [0.25, 0.3) is 0 Å². The van der Waals surface area contributed by atoms with Crippen LogP contribution in [0.2, 0.25) is 5.15 Å². The Labute approximate surface area is 114 Å². The van der Waals surface area contributed by atoms with Crippen molar-refractivity contribution in [2.45, 2.75) is 19.8 Å². The first-order valence-corrected chi connectivity index (χ1v) is 6.49. The lowest BCUT2D eigenvalue weighted by molar-refractivity contribution is -0.117. The molecule has 0 saturated heterocycles. The van der Waals surface area contributed by atoms with Crippen LogP contribution in [-0.2, 0) is 9.53 Å². The number of nitrogens with zero attached hydrogens (tertiary/aromatic N) is 1. The van der Waals surface area contributed by atoms with Crippen LogP contribution >= 0.6 is 27.5 Å². The standard InChI is InChI=1S/C11H14BrClN2O2/c1-2-4-17-5-3-10(16)15-8-6-9(12)11(13)14-7-8/h6-7H,2-5H2,1H3,(H,15,16). The number of hydrogen-bond donors (Lipinski definition) is 1. The van der Waals surface area contributed by atoms with Gasteiger partial charge in [0.15, 0.2) is 0 Å². The van der Waals surface area contributed by atoms with Crippen LogP contribution in [0.5, 0.6) is 0 Å². The molecule has 0 bridgehead atoms. The van der Waals surface area contributed by atoms with Crippen molar-refractivity contribution < 1.29 is 9.53 Å². The Bertz CT molecular complexity index is 388. The van der Waals surface area contributed by atoms with Crippen LogP contribution < -0.4 is 5.32 Å². The number of ether oxygens (including phenoxy) is 1. The quantitative estimate of drug-likeness (QED) is 0.646. The lowest BCUT2D eigenvalue weighted by Gasteiger charge is -2.06. The molecule has 0 atom stereocenters. The van der Waals surface area contributed by atoms with E-state index in [1.165, 1.54) is 6.20 Å². The summed E-state index contributed by atoms with van der Waals surface area (Å²) >= 11 is 8.98. The molecule has 4 nitrogen and oxygen atoms in total. The number of carbonyl (C=O) groups excluding carboxylic acids is 1. The molecule has 0 aliphatic rings. The minimum atomic E-state index is -0.0999. The number of halogens is 2. The molecular formula is C11H14BrClN2O2. The van der Waals surface area contributed by atoms with Crippen molar-refractivity contribution in [3.05, 3.63) is 21.9 Å². The molecule has 0 aromatic carbocycles. The highest BCUT2D eigenvalue weighted by Crippen LogP contribution is 2.22. The number of anilines is 1. The van der Waals surface area contributed by atoms with Crippen LogP contribution in [-0.4, -0.2) is 24.1 Å². The Hall–Kier alpha value is -0.650. The van der Waals surface area contributed by atoms with Crippen molar-refractivity contribution in [3.8, 4) is 0 Å². The normalized spacial score (nSPS) is 10.3. The van der Waals surface area contributed by atoms with E-state index in [1.807, 2.05) is 6.92 Å². The first kappa shape index (κ1) is 14.4. The van der Waals surface area contributed by atoms with Crippen LogP contribution in [0.15, 0.2) is 16.7 Å². The van der Waals surface area contributed by atoms with E-state index in [1.54, 1.807) is 6.07 Å². The Morgan fingerprint density at radius 1 is 1.59 bits per heavy atom. The van der Waals surface area contributed by atoms with Crippen molar-refractivity contribution in [1.29, 1.82) is 0 Å². The van der Waals surface area contributed by atoms with Gasteiger partial charge in [-0.3, -0.25) is 4.79 Å². The average molecular weight is 322 g/mol. The fourth-order valence-electron chi connectivity index (χ4n) is 1.12. The summed E-state index contributed by atoms with van der Waals surface area (Å²) in [5.41, 5.74) is 0.613. The number of amides is 1. The van der Waals surface area contributed by atoms with E-state index in [0.29, 0.717) is 34.9 Å². The Balaban J connectivity index is 2.37. The van der Waals surface area contributed by atoms with E-state index < -0.39 is 0 Å². The van der Waals surface area contributed by atoms with Crippen molar-refractivity contribution >= 4 is 39.1 Å². The summed E-state index contributed by atoms with van der Waals surface area (Å²) in [5, 5.41) is 3.09. The van der Waals surface area contributed by atoms with Gasteiger partial charge in [0.2, 0.25) is 5.91 Å². The molecule has 1 rings (SSSR count). The molecule has 1 aromatic heterocycles. The van der Waals surface area contributed by atoms with Crippen LogP contribution in [0.1, 0.15) is 19.8 Å². The van der Waals surface area contributed by atoms with Gasteiger partial charge < -0.3 is 10.1 Å². The molecule has 6 heteroatoms. The maximum absolute atomic E-state index is 11.5. The van der Waals surface area contributed by atoms with Gasteiger partial charge >= 0.3 is 0 Å². The highest BCUT2D eigenvalue weighted by atomic mass is 79.9. The number of hydrogen-bond acceptors (Lipinski definition) is 3. The first-order valence-electron chi connectivity index (χ1n) is 5.32. The van der Waals surface area contributed by atoms with Gasteiger partial charge in [-0.15, -0.1) is 0 Å². The summed E-state index contributed by atoms with van der Waals surface area (Å²) in [7, 11) is 0. The van der Waals surface area contributed by atoms with E-state index in [2.05, 4.69) is 26.2 Å². The second-order valence-corrected chi connectivity index (χ2v) is 4.62. The summed E-state index contributed by atoms with van der Waals surface area (Å²) < 4.78 is 5.88. The third-order valence-electron chi connectivity index (χ3n) is 1.90. The molecule has 1 heterocycles. The number of rotatable bonds is 6. The summed E-state index contributed by atoms with van der Waals surface area (Å²) in [6.45, 7) is 3.14. The Morgan fingerprint density at radius 2 is 2.35 bits per heavy atom. The van der Waals surface area contributed by atoms with Gasteiger partial charge in [-0.25, -0.2) is 4.98 Å². The zero-order valence-corrected chi connectivity index (χ0v) is 11.8. The van der Waals surface area contributed by atoms with E-state index in [4.69, 9.17) is 16.3 Å². The van der Waals surface area contributed by atoms with Gasteiger partial charge in [0.1, 0.15) is 5.15 Å². The summed E-state index contributed by atoms with van der Waals surface area (Å²) in [6, 6.07) is 1.71. The highest BCUT2D eigenvalue weighted by molar-refractivity contribution is 9.10. The number of aromatic nitrogens is 1. The molecule has 94 valence electrons. The van der Waals surface area contributed by atoms with E-state index >= 15 is 0 Å². The van der Waals surface area contributed by atoms with Crippen molar-refractivity contribution in [1.82, 2.24) is 4.98 Å². The smallest absolute Gasteiger partial charge is 0.226 e. The predicted octanol–water partition coefficient (Wildman–Crippen LogP) is 3.25. The van der Waals surface area contributed by atoms with Gasteiger partial charge in [-0.1, -0.05) is 18.5 Å². The third kappa shape index (κ3) is 5.48. The number of pyridine rings is 1. The molecule has 0 fully saturated rings. The third-order valence-corrected chi connectivity index (χ3v) is 3.04. The van der Waals surface area contributed by atoms with Gasteiger partial charge in [0, 0.05) is 6.61 Å². The Kier molecular flexibility index (Phi) is 6.47. The van der Waals surface area contributed by atoms with E-state index in [-0.39, 0.29) is 5.91 Å². The lowest BCUT2D eigenvalue weighted by atomic mass is 10.3. The minimum absolute atomic E-state index is 0.0999. The highest BCUT2D eigenvalue weighted by Gasteiger charge is 2.05. The maximum atomic E-state index is 11.5. The number of nitrogens with one attached hydrogen (secondary N) is 1. The zero-order valence-electron chi connectivity index (χ0n) is 9.50. The van der Waals surface area contributed by atoms with Crippen LogP contribution in [0.4, 0.5) is 5.69 Å². The second-order valence-electron chi connectivity index (χ2n) is 3.41. The molecule has 17 heavy (non-hydrogen) atoms. The first-order chi connectivity index (χ1) is 8.13. The van der Waals surface area contributed by atoms with Crippen molar-refractivity contribution in [3.63, 3.8) is 0 Å². The molecule has 1 aromatic rings. The maximum Gasteiger partial charge on any atom is 0.226 e. The molecule has 0 unspecified atom stereocenters. The minimum Gasteiger partial charge on any atom is -0.381 e. The molecule has 0 radical (unpaired) electrons. The van der Waals surface area contributed by atoms with Crippen molar-refractivity contribution in [2.24, 2.45) is 0 Å². The molecule has 1 amide bonds. The summed E-state index contributed by atoms with van der Waals surface area (Å²) in [5.74, 6) is -0.0999. The predicted molar refractivity (Wildman–Crippen MR) is 71.3 cm³/mol. The lowest BCUT2D eigenvalue weighted by Crippen LogP contribution is -2.14. The summed E-state index contributed by atoms with van der Waals surface area (Å²) in [6.07, 6.45) is 2.80. The molecule has 1 N–H and O–H groups in total. The molecule has 0 spiro atoms. The second kappa shape index (κ2) is 7.63. The van der Waals surface area contributed by atoms with Gasteiger partial charge in [0.05, 0.1) is 29.4 Å². The molecular weight excluding hydrogens is 307 g/mol. The van der Waals surface area contributed by atoms with E-state index in [9.17, 15) is 4.79 Å². The van der Waals surface area contributed by atoms with Crippen LogP contribution in [0.3, 0.4) is 0 Å². The number of carbonyl (C=O) groups is 1. The van der Waals surface area contributed by atoms with E-state index in [0.717, 1.165) is 6.42 Å². The fourth-order valence-corrected chi connectivity index (χ4v) is 1.58. The largest absolute Gasteiger partial charge is 0.381 e. The Morgan fingerprint density at radius 3 is 3.00 bits per heavy atom. The molecule has 0 aliphatic carbocycles. The van der Waals surface area contributed by atoms with Gasteiger partial charge in [-0.2, -0.15) is 0 Å². The van der Waals surface area contributed by atoms with Gasteiger partial charge in [-0.05, 0) is 28.4 Å².